The minimum atomic E-state index is -3.72. The van der Waals surface area contributed by atoms with Crippen molar-refractivity contribution in [2.75, 3.05) is 27.8 Å². The van der Waals surface area contributed by atoms with Crippen LogP contribution in [-0.2, 0) is 19.6 Å². The summed E-state index contributed by atoms with van der Waals surface area (Å²) in [5, 5.41) is 0. The number of hydrogen-bond donors (Lipinski definition) is 0. The number of ether oxygens (including phenoxy) is 2. The average Bonchev–Trinajstić information content (AvgIpc) is 2.38. The molecule has 1 aromatic rings. The van der Waals surface area contributed by atoms with Gasteiger partial charge in [-0.05, 0) is 12.1 Å². The minimum Gasteiger partial charge on any atom is -0.497 e. The van der Waals surface area contributed by atoms with Crippen molar-refractivity contribution in [2.24, 2.45) is 0 Å². The molecule has 0 saturated carbocycles. The van der Waals surface area contributed by atoms with Gasteiger partial charge in [0.05, 0.1) is 19.1 Å². The monoisotopic (exact) mass is 273 g/mol. The highest BCUT2D eigenvalue weighted by Gasteiger charge is 2.23. The second-order valence-corrected chi connectivity index (χ2v) is 5.56. The number of esters is 1. The lowest BCUT2D eigenvalue weighted by atomic mass is 10.3. The van der Waals surface area contributed by atoms with Crippen LogP contribution in [-0.4, -0.2) is 46.5 Å². The maximum Gasteiger partial charge on any atom is 0.321 e. The summed E-state index contributed by atoms with van der Waals surface area (Å²) in [6, 6.07) is 6.03. The number of sulfonamides is 1. The Labute approximate surface area is 106 Å². The molecule has 0 unspecified atom stereocenters. The van der Waals surface area contributed by atoms with E-state index in [1.807, 2.05) is 0 Å². The van der Waals surface area contributed by atoms with Crippen molar-refractivity contribution in [3.63, 3.8) is 0 Å². The third-order valence-electron chi connectivity index (χ3n) is 2.33. The highest BCUT2D eigenvalue weighted by molar-refractivity contribution is 7.89. The molecular weight excluding hydrogens is 258 g/mol. The van der Waals surface area contributed by atoms with Crippen LogP contribution in [0.1, 0.15) is 0 Å². The number of rotatable bonds is 5. The smallest absolute Gasteiger partial charge is 0.321 e. The Balaban J connectivity index is 3.01. The van der Waals surface area contributed by atoms with E-state index >= 15 is 0 Å². The summed E-state index contributed by atoms with van der Waals surface area (Å²) in [5.74, 6) is -0.188. The third kappa shape index (κ3) is 3.21. The molecule has 100 valence electrons. The molecule has 0 aliphatic rings. The van der Waals surface area contributed by atoms with Gasteiger partial charge in [0, 0.05) is 13.1 Å². The molecule has 0 N–H and O–H groups in total. The number of nitrogens with zero attached hydrogens (tertiary/aromatic N) is 1. The van der Waals surface area contributed by atoms with Crippen LogP contribution in [0.15, 0.2) is 29.2 Å². The van der Waals surface area contributed by atoms with Gasteiger partial charge in [0.1, 0.15) is 12.3 Å². The maximum absolute atomic E-state index is 12.1. The predicted octanol–water partition coefficient (Wildman–Crippen LogP) is 0.489. The van der Waals surface area contributed by atoms with E-state index in [2.05, 4.69) is 4.74 Å². The van der Waals surface area contributed by atoms with Gasteiger partial charge >= 0.3 is 5.97 Å². The van der Waals surface area contributed by atoms with Gasteiger partial charge in [-0.15, -0.1) is 0 Å². The van der Waals surface area contributed by atoms with Gasteiger partial charge in [-0.25, -0.2) is 8.42 Å². The molecule has 0 fully saturated rings. The fourth-order valence-electron chi connectivity index (χ4n) is 1.27. The molecule has 6 nitrogen and oxygen atoms in total. The SMILES string of the molecule is COC(=O)CN(C)S(=O)(=O)c1cccc(OC)c1. The molecule has 1 rings (SSSR count). The Morgan fingerprint density at radius 2 is 2.00 bits per heavy atom. The number of benzene rings is 1. The van der Waals surface area contributed by atoms with Crippen molar-refractivity contribution in [1.29, 1.82) is 0 Å². The molecule has 0 aliphatic heterocycles. The quantitative estimate of drug-likeness (QED) is 0.730. The van der Waals surface area contributed by atoms with E-state index in [4.69, 9.17) is 4.74 Å². The summed E-state index contributed by atoms with van der Waals surface area (Å²) in [6.07, 6.45) is 0. The standard InChI is InChI=1S/C11H15NO5S/c1-12(8-11(13)17-3)18(14,15)10-6-4-5-9(7-10)16-2/h4-7H,8H2,1-3H3. The van der Waals surface area contributed by atoms with Gasteiger partial charge in [0.25, 0.3) is 0 Å². The van der Waals surface area contributed by atoms with Crippen LogP contribution in [0.3, 0.4) is 0 Å². The lowest BCUT2D eigenvalue weighted by Gasteiger charge is -2.16. The van der Waals surface area contributed by atoms with Gasteiger partial charge in [-0.3, -0.25) is 4.79 Å². The topological polar surface area (TPSA) is 72.9 Å². The molecule has 0 aromatic heterocycles. The summed E-state index contributed by atoms with van der Waals surface area (Å²) in [4.78, 5) is 11.1. The fraction of sp³-hybridized carbons (Fsp3) is 0.364. The first kappa shape index (κ1) is 14.5. The van der Waals surface area contributed by atoms with Crippen molar-refractivity contribution in [3.05, 3.63) is 24.3 Å². The zero-order chi connectivity index (χ0) is 13.8. The first-order valence-electron chi connectivity index (χ1n) is 5.09. The minimum absolute atomic E-state index is 0.0632. The van der Waals surface area contributed by atoms with Crippen LogP contribution in [0.4, 0.5) is 0 Å². The van der Waals surface area contributed by atoms with Crippen LogP contribution in [0, 0.1) is 0 Å². The van der Waals surface area contributed by atoms with E-state index in [9.17, 15) is 13.2 Å². The Kier molecular flexibility index (Phi) is 4.69. The van der Waals surface area contributed by atoms with E-state index in [1.54, 1.807) is 12.1 Å². The average molecular weight is 273 g/mol. The molecule has 0 spiro atoms. The third-order valence-corrected chi connectivity index (χ3v) is 4.13. The van der Waals surface area contributed by atoms with Crippen LogP contribution < -0.4 is 4.74 Å². The predicted molar refractivity (Wildman–Crippen MR) is 64.8 cm³/mol. The van der Waals surface area contributed by atoms with Crippen LogP contribution in [0.5, 0.6) is 5.75 Å². The summed E-state index contributed by atoms with van der Waals surface area (Å²) in [7, 11) is 0.238. The van der Waals surface area contributed by atoms with Gasteiger partial charge in [-0.2, -0.15) is 4.31 Å². The molecule has 0 heterocycles. The molecule has 7 heteroatoms. The highest BCUT2D eigenvalue weighted by Crippen LogP contribution is 2.19. The van der Waals surface area contributed by atoms with Crippen LogP contribution in [0.25, 0.3) is 0 Å². The largest absolute Gasteiger partial charge is 0.497 e. The Morgan fingerprint density at radius 1 is 1.33 bits per heavy atom. The van der Waals surface area contributed by atoms with Gasteiger partial charge in [0.15, 0.2) is 0 Å². The van der Waals surface area contributed by atoms with Crippen molar-refractivity contribution in [2.45, 2.75) is 4.90 Å². The molecule has 1 aromatic carbocycles. The van der Waals surface area contributed by atoms with Crippen molar-refractivity contribution in [3.8, 4) is 5.75 Å². The van der Waals surface area contributed by atoms with E-state index in [0.29, 0.717) is 5.75 Å². The second kappa shape index (κ2) is 5.83. The first-order valence-corrected chi connectivity index (χ1v) is 6.53. The normalized spacial score (nSPS) is 11.3. The summed E-state index contributed by atoms with van der Waals surface area (Å²) < 4.78 is 34.5. The summed E-state index contributed by atoms with van der Waals surface area (Å²) in [5.41, 5.74) is 0. The molecule has 0 saturated heterocycles. The summed E-state index contributed by atoms with van der Waals surface area (Å²) in [6.45, 7) is -0.337. The number of methoxy groups -OCH3 is 2. The van der Waals surface area contributed by atoms with E-state index in [0.717, 1.165) is 4.31 Å². The Morgan fingerprint density at radius 3 is 2.56 bits per heavy atom. The zero-order valence-corrected chi connectivity index (χ0v) is 11.2. The summed E-state index contributed by atoms with van der Waals surface area (Å²) >= 11 is 0. The van der Waals surface area contributed by atoms with Crippen LogP contribution >= 0.6 is 0 Å². The highest BCUT2D eigenvalue weighted by atomic mass is 32.2. The molecule has 0 bridgehead atoms. The van der Waals surface area contributed by atoms with E-state index in [-0.39, 0.29) is 11.4 Å². The lowest BCUT2D eigenvalue weighted by Crippen LogP contribution is -2.32. The zero-order valence-electron chi connectivity index (χ0n) is 10.4. The fourth-order valence-corrected chi connectivity index (χ4v) is 2.42. The van der Waals surface area contributed by atoms with Crippen molar-refractivity contribution < 1.29 is 22.7 Å². The number of carbonyl (C=O) groups is 1. The lowest BCUT2D eigenvalue weighted by molar-refractivity contribution is -0.140. The number of likely N-dealkylation sites (N-methyl/N-ethyl adjacent to an activating group) is 1. The Bertz CT molecular complexity index is 526. The molecule has 18 heavy (non-hydrogen) atoms. The van der Waals surface area contributed by atoms with E-state index < -0.39 is 16.0 Å². The number of hydrogen-bond acceptors (Lipinski definition) is 5. The first-order chi connectivity index (χ1) is 8.41. The second-order valence-electron chi connectivity index (χ2n) is 3.52. The Hall–Kier alpha value is -1.60. The van der Waals surface area contributed by atoms with Crippen molar-refractivity contribution in [1.82, 2.24) is 4.31 Å². The molecule has 0 amide bonds. The molecular formula is C11H15NO5S. The molecule has 0 aliphatic carbocycles. The maximum atomic E-state index is 12.1. The van der Waals surface area contributed by atoms with Crippen LogP contribution in [0.2, 0.25) is 0 Å². The van der Waals surface area contributed by atoms with Gasteiger partial charge in [0.2, 0.25) is 10.0 Å². The van der Waals surface area contributed by atoms with Gasteiger partial charge in [-0.1, -0.05) is 6.07 Å². The number of carbonyl (C=O) groups excluding carboxylic acids is 1. The van der Waals surface area contributed by atoms with Crippen molar-refractivity contribution >= 4 is 16.0 Å². The van der Waals surface area contributed by atoms with Gasteiger partial charge < -0.3 is 9.47 Å². The molecule has 0 radical (unpaired) electrons. The molecule has 0 atom stereocenters. The van der Waals surface area contributed by atoms with E-state index in [1.165, 1.54) is 33.4 Å².